The third-order valence-electron chi connectivity index (χ3n) is 4.01. The van der Waals surface area contributed by atoms with Crippen LogP contribution in [0, 0.1) is 23.3 Å². The summed E-state index contributed by atoms with van der Waals surface area (Å²) in [6.07, 6.45) is 1.99. The van der Waals surface area contributed by atoms with Crippen molar-refractivity contribution >= 4 is 28.8 Å². The van der Waals surface area contributed by atoms with Crippen LogP contribution in [-0.4, -0.2) is 16.9 Å². The van der Waals surface area contributed by atoms with Crippen LogP contribution in [0.2, 0.25) is 0 Å². The summed E-state index contributed by atoms with van der Waals surface area (Å²) < 4.78 is 51.5. The molecule has 0 radical (unpaired) electrons. The summed E-state index contributed by atoms with van der Waals surface area (Å²) in [5.74, 6) is -2.49. The molecule has 1 atom stereocenters. The summed E-state index contributed by atoms with van der Waals surface area (Å²) in [4.78, 5) is 0. The number of alkyl halides is 2. The highest BCUT2D eigenvalue weighted by molar-refractivity contribution is 6.23. The van der Waals surface area contributed by atoms with Crippen LogP contribution in [0.4, 0.5) is 17.6 Å². The molecule has 7 heteroatoms. The van der Waals surface area contributed by atoms with Gasteiger partial charge in [-0.25, -0.2) is 17.6 Å². The maximum Gasteiger partial charge on any atom is 0.133 e. The van der Waals surface area contributed by atoms with Crippen molar-refractivity contribution in [1.82, 2.24) is 0 Å². The van der Waals surface area contributed by atoms with E-state index in [1.54, 1.807) is 19.9 Å². The number of allylic oxidation sites excluding steroid dienone is 2. The summed E-state index contributed by atoms with van der Waals surface area (Å²) in [5, 5.41) is 9.88. The molecule has 0 fully saturated rings. The molecule has 0 heterocycles. The zero-order valence-electron chi connectivity index (χ0n) is 14.9. The Kier molecular flexibility index (Phi) is 9.30. The molecule has 0 aliphatic rings. The third-order valence-corrected chi connectivity index (χ3v) is 4.74. The number of hydrogen-bond acceptors (Lipinski definition) is 1. The van der Waals surface area contributed by atoms with Crippen LogP contribution in [0.3, 0.4) is 0 Å². The van der Waals surface area contributed by atoms with Crippen molar-refractivity contribution in [3.63, 3.8) is 0 Å². The second-order valence-electron chi connectivity index (χ2n) is 5.71. The molecule has 1 N–H and O–H groups in total. The Hall–Kier alpha value is -1.56. The first-order chi connectivity index (χ1) is 12.7. The molecule has 2 aromatic rings. The van der Waals surface area contributed by atoms with E-state index in [9.17, 15) is 22.7 Å². The Labute approximate surface area is 166 Å². The van der Waals surface area contributed by atoms with E-state index in [-0.39, 0.29) is 23.7 Å². The van der Waals surface area contributed by atoms with E-state index in [1.807, 2.05) is 0 Å². The fraction of sp³-hybridized carbons (Fsp3) is 0.300. The smallest absolute Gasteiger partial charge is 0.133 e. The Balaban J connectivity index is 0.000000271. The van der Waals surface area contributed by atoms with Gasteiger partial charge in [-0.15, -0.1) is 23.2 Å². The van der Waals surface area contributed by atoms with Crippen molar-refractivity contribution in [2.75, 3.05) is 11.8 Å². The summed E-state index contributed by atoms with van der Waals surface area (Å²) >= 11 is 11.1. The lowest BCUT2D eigenvalue weighted by molar-refractivity contribution is 0.0530. The Morgan fingerprint density at radius 2 is 1.56 bits per heavy atom. The highest BCUT2D eigenvalue weighted by Crippen LogP contribution is 2.28. The molecular weight excluding hydrogens is 403 g/mol. The van der Waals surface area contributed by atoms with E-state index in [4.69, 9.17) is 23.2 Å². The quantitative estimate of drug-likeness (QED) is 0.435. The summed E-state index contributed by atoms with van der Waals surface area (Å²) in [7, 11) is 0. The molecule has 1 unspecified atom stereocenters. The molecule has 0 saturated heterocycles. The van der Waals surface area contributed by atoms with E-state index in [1.165, 1.54) is 18.2 Å². The van der Waals surface area contributed by atoms with Gasteiger partial charge in [0.2, 0.25) is 0 Å². The first-order valence-corrected chi connectivity index (χ1v) is 9.19. The van der Waals surface area contributed by atoms with E-state index < -0.39 is 28.9 Å². The lowest BCUT2D eigenvalue weighted by Gasteiger charge is -2.24. The van der Waals surface area contributed by atoms with Crippen molar-refractivity contribution in [2.24, 2.45) is 0 Å². The van der Waals surface area contributed by atoms with Gasteiger partial charge in [-0.3, -0.25) is 0 Å². The number of halogens is 6. The van der Waals surface area contributed by atoms with Gasteiger partial charge in [0.25, 0.3) is 0 Å². The molecule has 148 valence electrons. The van der Waals surface area contributed by atoms with Gasteiger partial charge in [-0.1, -0.05) is 19.1 Å². The molecule has 0 saturated carbocycles. The Morgan fingerprint density at radius 1 is 1.00 bits per heavy atom. The number of hydrogen-bond donors (Lipinski definition) is 1. The average molecular weight is 423 g/mol. The van der Waals surface area contributed by atoms with Gasteiger partial charge in [0.1, 0.15) is 28.9 Å². The predicted molar refractivity (Wildman–Crippen MR) is 102 cm³/mol. The monoisotopic (exact) mass is 422 g/mol. The molecule has 0 bridgehead atoms. The van der Waals surface area contributed by atoms with Crippen LogP contribution in [-0.2, 0) is 5.60 Å². The average Bonchev–Trinajstić information content (AvgIpc) is 2.64. The van der Waals surface area contributed by atoms with E-state index in [2.05, 4.69) is 0 Å². The highest BCUT2D eigenvalue weighted by atomic mass is 35.5. The van der Waals surface area contributed by atoms with Gasteiger partial charge < -0.3 is 5.11 Å². The lowest BCUT2D eigenvalue weighted by Crippen LogP contribution is -2.28. The SMILES string of the molecule is CC=C(CCl)c1ccc(F)cc1F.CCC(O)(CCl)c1ccc(F)cc1F. The fourth-order valence-corrected chi connectivity index (χ4v) is 2.91. The molecule has 0 aliphatic carbocycles. The van der Waals surface area contributed by atoms with E-state index in [0.717, 1.165) is 18.2 Å². The van der Waals surface area contributed by atoms with Crippen LogP contribution in [0.5, 0.6) is 0 Å². The van der Waals surface area contributed by atoms with Crippen LogP contribution in [0.25, 0.3) is 5.57 Å². The fourth-order valence-electron chi connectivity index (χ4n) is 2.28. The van der Waals surface area contributed by atoms with E-state index >= 15 is 0 Å². The van der Waals surface area contributed by atoms with Gasteiger partial charge >= 0.3 is 0 Å². The Bertz CT molecular complexity index is 790. The summed E-state index contributed by atoms with van der Waals surface area (Å²) in [6, 6.07) is 6.52. The minimum atomic E-state index is -1.42. The van der Waals surface area contributed by atoms with Crippen LogP contribution in [0.15, 0.2) is 42.5 Å². The predicted octanol–water partition coefficient (Wildman–Crippen LogP) is 6.41. The topological polar surface area (TPSA) is 20.2 Å². The van der Waals surface area contributed by atoms with Crippen LogP contribution < -0.4 is 0 Å². The normalized spacial score (nSPS) is 13.6. The standard InChI is InChI=1S/C10H11ClF2O.C10H9ClF2/c1-2-10(14,6-11)8-4-3-7(12)5-9(8)13;1-2-7(6-11)9-4-3-8(12)5-10(9)13/h3-5,14H,2,6H2,1H3;2-5H,6H2,1H3. The molecule has 27 heavy (non-hydrogen) atoms. The van der Waals surface area contributed by atoms with Crippen molar-refractivity contribution in [3.8, 4) is 0 Å². The lowest BCUT2D eigenvalue weighted by atomic mass is 9.93. The highest BCUT2D eigenvalue weighted by Gasteiger charge is 2.29. The summed E-state index contributed by atoms with van der Waals surface area (Å²) in [6.45, 7) is 3.45. The number of benzene rings is 2. The third kappa shape index (κ3) is 6.23. The van der Waals surface area contributed by atoms with Crippen LogP contribution in [0.1, 0.15) is 31.4 Å². The van der Waals surface area contributed by atoms with Crippen molar-refractivity contribution in [1.29, 1.82) is 0 Å². The molecule has 0 amide bonds. The van der Waals surface area contributed by atoms with Gasteiger partial charge in [0, 0.05) is 29.1 Å². The minimum Gasteiger partial charge on any atom is -0.384 e. The molecule has 2 aromatic carbocycles. The van der Waals surface area contributed by atoms with Crippen molar-refractivity contribution < 1.29 is 22.7 Å². The maximum absolute atomic E-state index is 13.3. The Morgan fingerprint density at radius 3 is 1.96 bits per heavy atom. The molecular formula is C20H20Cl2F4O. The second kappa shape index (κ2) is 10.7. The van der Waals surface area contributed by atoms with Gasteiger partial charge in [0.15, 0.2) is 0 Å². The molecule has 1 nitrogen and oxygen atoms in total. The summed E-state index contributed by atoms with van der Waals surface area (Å²) in [5.41, 5.74) is -0.353. The zero-order valence-corrected chi connectivity index (χ0v) is 16.4. The zero-order chi connectivity index (χ0) is 20.6. The van der Waals surface area contributed by atoms with Crippen LogP contribution >= 0.6 is 23.2 Å². The van der Waals surface area contributed by atoms with Gasteiger partial charge in [0.05, 0.1) is 5.88 Å². The van der Waals surface area contributed by atoms with Crippen molar-refractivity contribution in [3.05, 3.63) is 76.9 Å². The second-order valence-corrected chi connectivity index (χ2v) is 6.25. The largest absolute Gasteiger partial charge is 0.384 e. The van der Waals surface area contributed by atoms with Gasteiger partial charge in [-0.2, -0.15) is 0 Å². The maximum atomic E-state index is 13.3. The molecule has 0 aliphatic heterocycles. The van der Waals surface area contributed by atoms with E-state index in [0.29, 0.717) is 11.1 Å². The number of aliphatic hydroxyl groups is 1. The minimum absolute atomic E-state index is 0.0383. The first-order valence-electron chi connectivity index (χ1n) is 8.12. The van der Waals surface area contributed by atoms with Gasteiger partial charge in [-0.05, 0) is 37.1 Å². The molecule has 0 aromatic heterocycles. The molecule has 0 spiro atoms. The molecule has 2 rings (SSSR count). The number of rotatable bonds is 5. The van der Waals surface area contributed by atoms with Crippen molar-refractivity contribution in [2.45, 2.75) is 25.9 Å². The first kappa shape index (κ1) is 23.5.